The van der Waals surface area contributed by atoms with Crippen LogP contribution in [0.15, 0.2) is 28.9 Å². The Kier molecular flexibility index (Phi) is 4.20. The highest BCUT2D eigenvalue weighted by molar-refractivity contribution is 5.81. The van der Waals surface area contributed by atoms with E-state index in [0.29, 0.717) is 12.2 Å². The summed E-state index contributed by atoms with van der Waals surface area (Å²) in [6.07, 6.45) is 3.93. The second-order valence-corrected chi connectivity index (χ2v) is 7.33. The van der Waals surface area contributed by atoms with Gasteiger partial charge in [0, 0.05) is 24.1 Å². The van der Waals surface area contributed by atoms with Gasteiger partial charge in [-0.1, -0.05) is 6.42 Å². The zero-order chi connectivity index (χ0) is 19.2. The fourth-order valence-corrected chi connectivity index (χ4v) is 4.05. The van der Waals surface area contributed by atoms with Crippen LogP contribution in [0.5, 0.6) is 0 Å². The number of carboxylic acids is 1. The van der Waals surface area contributed by atoms with Crippen molar-refractivity contribution in [2.75, 3.05) is 13.1 Å². The van der Waals surface area contributed by atoms with Gasteiger partial charge in [-0.15, -0.1) is 0 Å². The summed E-state index contributed by atoms with van der Waals surface area (Å²) in [4.78, 5) is 29.9. The van der Waals surface area contributed by atoms with Crippen molar-refractivity contribution < 1.29 is 27.9 Å². The lowest BCUT2D eigenvalue weighted by atomic mass is 9.63. The van der Waals surface area contributed by atoms with Crippen LogP contribution >= 0.6 is 0 Å². The minimum absolute atomic E-state index is 0.0321. The number of nitrogens with zero attached hydrogens (tertiary/aromatic N) is 2. The Hall–Kier alpha value is -2.77. The summed E-state index contributed by atoms with van der Waals surface area (Å²) < 4.78 is 31.7. The summed E-state index contributed by atoms with van der Waals surface area (Å²) in [7, 11) is 0. The topological polar surface area (TPSA) is 83.6 Å². The Morgan fingerprint density at radius 1 is 1.30 bits per heavy atom. The normalized spacial score (nSPS) is 20.7. The predicted octanol–water partition coefficient (Wildman–Crippen LogP) is 2.88. The quantitative estimate of drug-likeness (QED) is 0.887. The van der Waals surface area contributed by atoms with E-state index in [9.17, 15) is 23.5 Å². The molecule has 1 saturated heterocycles. The van der Waals surface area contributed by atoms with Crippen LogP contribution in [-0.2, 0) is 16.0 Å². The molecule has 6 nitrogen and oxygen atoms in total. The van der Waals surface area contributed by atoms with Gasteiger partial charge in [-0.2, -0.15) is 0 Å². The van der Waals surface area contributed by atoms with Gasteiger partial charge < -0.3 is 14.4 Å². The predicted molar refractivity (Wildman–Crippen MR) is 89.5 cm³/mol. The monoisotopic (exact) mass is 376 g/mol. The highest BCUT2D eigenvalue weighted by Crippen LogP contribution is 2.51. The highest BCUT2D eigenvalue weighted by Gasteiger charge is 2.54. The number of benzene rings is 1. The van der Waals surface area contributed by atoms with E-state index in [4.69, 9.17) is 4.42 Å². The standard InChI is InChI=1S/C19H18F2N2O4/c20-14-3-2-11(6-15(14)21)17-22-12(9-27-17)7-16(24)23-8-13(18(25)26)19(10-23)4-1-5-19/h2-3,6,9,13H,1,4-5,7-8,10H2,(H,25,26). The van der Waals surface area contributed by atoms with E-state index < -0.39 is 23.5 Å². The maximum absolute atomic E-state index is 13.3. The van der Waals surface area contributed by atoms with Crippen molar-refractivity contribution in [2.24, 2.45) is 11.3 Å². The molecular formula is C19H18F2N2O4. The Morgan fingerprint density at radius 3 is 2.67 bits per heavy atom. The molecule has 1 atom stereocenters. The molecule has 1 aromatic carbocycles. The third-order valence-corrected chi connectivity index (χ3v) is 5.70. The molecule has 1 aromatic heterocycles. The van der Waals surface area contributed by atoms with E-state index in [0.717, 1.165) is 31.4 Å². The number of halogens is 2. The number of aliphatic carboxylic acids is 1. The SMILES string of the molecule is O=C(O)C1CN(C(=O)Cc2coc(-c3ccc(F)c(F)c3)n2)CC12CCC2. The number of likely N-dealkylation sites (tertiary alicyclic amines) is 1. The lowest BCUT2D eigenvalue weighted by Gasteiger charge is -2.40. The summed E-state index contributed by atoms with van der Waals surface area (Å²) in [5.74, 6) is -3.47. The maximum atomic E-state index is 13.3. The first-order chi connectivity index (χ1) is 12.9. The Morgan fingerprint density at radius 2 is 2.07 bits per heavy atom. The van der Waals surface area contributed by atoms with Crippen molar-refractivity contribution in [2.45, 2.75) is 25.7 Å². The van der Waals surface area contributed by atoms with Crippen LogP contribution in [0.3, 0.4) is 0 Å². The number of rotatable bonds is 4. The van der Waals surface area contributed by atoms with Crippen LogP contribution in [-0.4, -0.2) is 40.0 Å². The molecule has 142 valence electrons. The van der Waals surface area contributed by atoms with Gasteiger partial charge in [-0.05, 0) is 31.0 Å². The fraction of sp³-hybridized carbons (Fsp3) is 0.421. The first kappa shape index (κ1) is 17.6. The molecule has 1 unspecified atom stereocenters. The van der Waals surface area contributed by atoms with Crippen LogP contribution in [0.4, 0.5) is 8.78 Å². The largest absolute Gasteiger partial charge is 0.481 e. The van der Waals surface area contributed by atoms with Gasteiger partial charge in [0.05, 0.1) is 18.0 Å². The van der Waals surface area contributed by atoms with E-state index >= 15 is 0 Å². The number of carbonyl (C=O) groups excluding carboxylic acids is 1. The van der Waals surface area contributed by atoms with Gasteiger partial charge in [0.25, 0.3) is 0 Å². The molecule has 2 fully saturated rings. The van der Waals surface area contributed by atoms with E-state index in [2.05, 4.69) is 4.98 Å². The molecule has 8 heteroatoms. The molecule has 2 aliphatic rings. The zero-order valence-electron chi connectivity index (χ0n) is 14.5. The first-order valence-corrected chi connectivity index (χ1v) is 8.78. The average Bonchev–Trinajstić information content (AvgIpc) is 3.21. The molecule has 0 radical (unpaired) electrons. The fourth-order valence-electron chi connectivity index (χ4n) is 4.05. The first-order valence-electron chi connectivity index (χ1n) is 8.78. The molecule has 1 amide bonds. The van der Waals surface area contributed by atoms with E-state index in [-0.39, 0.29) is 35.7 Å². The molecular weight excluding hydrogens is 358 g/mol. The second kappa shape index (κ2) is 6.44. The Balaban J connectivity index is 1.45. The summed E-state index contributed by atoms with van der Waals surface area (Å²) >= 11 is 0. The third-order valence-electron chi connectivity index (χ3n) is 5.70. The van der Waals surface area contributed by atoms with Crippen LogP contribution in [0.1, 0.15) is 25.0 Å². The molecule has 4 rings (SSSR count). The van der Waals surface area contributed by atoms with Crippen LogP contribution in [0, 0.1) is 23.0 Å². The summed E-state index contributed by atoms with van der Waals surface area (Å²) in [5.41, 5.74) is 0.344. The zero-order valence-corrected chi connectivity index (χ0v) is 14.5. The Bertz CT molecular complexity index is 907. The molecule has 1 aliphatic carbocycles. The minimum atomic E-state index is -1.01. The van der Waals surface area contributed by atoms with Crippen molar-refractivity contribution in [1.29, 1.82) is 0 Å². The van der Waals surface area contributed by atoms with Gasteiger partial charge in [-0.25, -0.2) is 13.8 Å². The van der Waals surface area contributed by atoms with Crippen LogP contribution < -0.4 is 0 Å². The molecule has 27 heavy (non-hydrogen) atoms. The number of hydrogen-bond acceptors (Lipinski definition) is 4. The minimum Gasteiger partial charge on any atom is -0.481 e. The summed E-state index contributed by atoms with van der Waals surface area (Å²) in [6.45, 7) is 0.665. The number of aromatic nitrogens is 1. The van der Waals surface area contributed by atoms with Gasteiger partial charge >= 0.3 is 5.97 Å². The second-order valence-electron chi connectivity index (χ2n) is 7.33. The van der Waals surface area contributed by atoms with Crippen molar-refractivity contribution in [1.82, 2.24) is 9.88 Å². The molecule has 1 spiro atoms. The molecule has 1 aliphatic heterocycles. The van der Waals surface area contributed by atoms with Gasteiger partial charge in [0.1, 0.15) is 6.26 Å². The third kappa shape index (κ3) is 3.09. The van der Waals surface area contributed by atoms with Gasteiger partial charge in [0.2, 0.25) is 11.8 Å². The van der Waals surface area contributed by atoms with Crippen molar-refractivity contribution in [3.05, 3.63) is 41.8 Å². The number of carbonyl (C=O) groups is 2. The summed E-state index contributed by atoms with van der Waals surface area (Å²) in [5, 5.41) is 9.45. The van der Waals surface area contributed by atoms with Crippen molar-refractivity contribution in [3.8, 4) is 11.5 Å². The van der Waals surface area contributed by atoms with Crippen molar-refractivity contribution in [3.63, 3.8) is 0 Å². The summed E-state index contributed by atoms with van der Waals surface area (Å²) in [6, 6.07) is 3.30. The number of oxazole rings is 1. The van der Waals surface area contributed by atoms with Crippen LogP contribution in [0.2, 0.25) is 0 Å². The van der Waals surface area contributed by atoms with E-state index in [1.165, 1.54) is 12.3 Å². The molecule has 0 bridgehead atoms. The Labute approximate surface area is 153 Å². The molecule has 2 aromatic rings. The van der Waals surface area contributed by atoms with E-state index in [1.807, 2.05) is 0 Å². The number of carboxylic acid groups (broad SMARTS) is 1. The maximum Gasteiger partial charge on any atom is 0.308 e. The average molecular weight is 376 g/mol. The lowest BCUT2D eigenvalue weighted by molar-refractivity contribution is -0.146. The smallest absolute Gasteiger partial charge is 0.308 e. The van der Waals surface area contributed by atoms with Crippen molar-refractivity contribution >= 4 is 11.9 Å². The van der Waals surface area contributed by atoms with E-state index in [1.54, 1.807) is 4.90 Å². The number of amides is 1. The van der Waals surface area contributed by atoms with Crippen LogP contribution in [0.25, 0.3) is 11.5 Å². The highest BCUT2D eigenvalue weighted by atomic mass is 19.2. The molecule has 1 saturated carbocycles. The molecule has 2 heterocycles. The molecule has 1 N–H and O–H groups in total. The lowest BCUT2D eigenvalue weighted by Crippen LogP contribution is -2.41. The van der Waals surface area contributed by atoms with Gasteiger partial charge in [-0.3, -0.25) is 9.59 Å². The number of hydrogen-bond donors (Lipinski definition) is 1. The van der Waals surface area contributed by atoms with Gasteiger partial charge in [0.15, 0.2) is 11.6 Å².